The first-order chi connectivity index (χ1) is 16.8. The van der Waals surface area contributed by atoms with Gasteiger partial charge in [0.25, 0.3) is 5.91 Å². The molecule has 2 aromatic heterocycles. The maximum atomic E-state index is 13.3. The van der Waals surface area contributed by atoms with Gasteiger partial charge in [-0.05, 0) is 47.7 Å². The molecule has 12 heteroatoms. The lowest BCUT2D eigenvalue weighted by molar-refractivity contribution is -0.138. The number of alkyl halides is 3. The number of hydrogen-bond acceptors (Lipinski definition) is 7. The highest BCUT2D eigenvalue weighted by Gasteiger charge is 2.34. The first kappa shape index (κ1) is 23.5. The molecule has 0 spiro atoms. The second kappa shape index (κ2) is 9.44. The summed E-state index contributed by atoms with van der Waals surface area (Å²) in [5.41, 5.74) is 0.494. The summed E-state index contributed by atoms with van der Waals surface area (Å²) in [6.07, 6.45) is -0.188. The molecule has 182 valence electrons. The standard InChI is InChI=1S/C23H20F3N5O3S/c24-23(25,26)17-2-1-5-27-18(17)12-31-19-4-3-14(8-15(19)10-28-31)9-20-21(33)29-22(35-20)30-6-7-34-16(11-30)13-32/h1-5,8-10,16,32H,6-7,11-13H2/t16-/m0/s1. The molecule has 2 aliphatic rings. The largest absolute Gasteiger partial charge is 0.418 e. The number of rotatable bonds is 4. The monoisotopic (exact) mass is 503 g/mol. The smallest absolute Gasteiger partial charge is 0.394 e. The van der Waals surface area contributed by atoms with Crippen molar-refractivity contribution in [3.63, 3.8) is 0 Å². The third kappa shape index (κ3) is 4.95. The molecular weight excluding hydrogens is 483 g/mol. The van der Waals surface area contributed by atoms with Gasteiger partial charge in [-0.3, -0.25) is 14.5 Å². The number of halogens is 3. The molecule has 1 fully saturated rings. The number of nitrogens with zero attached hydrogens (tertiary/aromatic N) is 5. The highest BCUT2D eigenvalue weighted by atomic mass is 32.2. The van der Waals surface area contributed by atoms with Crippen molar-refractivity contribution in [3.8, 4) is 0 Å². The lowest BCUT2D eigenvalue weighted by Crippen LogP contribution is -2.45. The molecule has 3 aromatic rings. The molecule has 1 aromatic carbocycles. The van der Waals surface area contributed by atoms with Crippen molar-refractivity contribution in [2.45, 2.75) is 18.8 Å². The lowest BCUT2D eigenvalue weighted by atomic mass is 10.1. The van der Waals surface area contributed by atoms with Crippen LogP contribution in [0.2, 0.25) is 0 Å². The van der Waals surface area contributed by atoms with Gasteiger partial charge in [0.15, 0.2) is 5.17 Å². The first-order valence-corrected chi connectivity index (χ1v) is 11.6. The molecule has 2 aliphatic heterocycles. The van der Waals surface area contributed by atoms with Gasteiger partial charge in [-0.25, -0.2) is 0 Å². The number of amides is 1. The van der Waals surface area contributed by atoms with Crippen LogP contribution in [0.4, 0.5) is 13.2 Å². The van der Waals surface area contributed by atoms with Gasteiger partial charge >= 0.3 is 6.18 Å². The van der Waals surface area contributed by atoms with E-state index < -0.39 is 11.7 Å². The van der Waals surface area contributed by atoms with Gasteiger partial charge in [-0.2, -0.15) is 23.3 Å². The molecule has 5 rings (SSSR count). The zero-order valence-corrected chi connectivity index (χ0v) is 19.1. The van der Waals surface area contributed by atoms with E-state index in [1.165, 1.54) is 28.7 Å². The Hall–Kier alpha value is -3.22. The Balaban J connectivity index is 1.34. The third-order valence-corrected chi connectivity index (χ3v) is 6.73. The van der Waals surface area contributed by atoms with Crippen molar-refractivity contribution in [3.05, 3.63) is 64.5 Å². The number of aliphatic imine (C=N–C) groups is 1. The number of aliphatic hydroxyl groups excluding tert-OH is 1. The van der Waals surface area contributed by atoms with Crippen molar-refractivity contribution in [1.82, 2.24) is 19.7 Å². The summed E-state index contributed by atoms with van der Waals surface area (Å²) in [4.78, 5) is 22.9. The van der Waals surface area contributed by atoms with Gasteiger partial charge in [0, 0.05) is 24.7 Å². The number of amidine groups is 1. The minimum Gasteiger partial charge on any atom is -0.394 e. The Morgan fingerprint density at radius 2 is 2.14 bits per heavy atom. The Morgan fingerprint density at radius 1 is 1.29 bits per heavy atom. The quantitative estimate of drug-likeness (QED) is 0.547. The van der Waals surface area contributed by atoms with Crippen LogP contribution in [0.25, 0.3) is 17.0 Å². The first-order valence-electron chi connectivity index (χ1n) is 10.8. The van der Waals surface area contributed by atoms with Crippen LogP contribution in [0.3, 0.4) is 0 Å². The van der Waals surface area contributed by atoms with Gasteiger partial charge in [0.2, 0.25) is 0 Å². The average Bonchev–Trinajstić information content (AvgIpc) is 3.41. The van der Waals surface area contributed by atoms with E-state index in [4.69, 9.17) is 4.74 Å². The molecule has 0 saturated carbocycles. The van der Waals surface area contributed by atoms with Gasteiger partial charge < -0.3 is 14.7 Å². The number of carbonyl (C=O) groups excluding carboxylic acids is 1. The van der Waals surface area contributed by atoms with Crippen LogP contribution >= 0.6 is 11.8 Å². The summed E-state index contributed by atoms with van der Waals surface area (Å²) in [6.45, 7) is 1.26. The Labute approximate surface area is 202 Å². The summed E-state index contributed by atoms with van der Waals surface area (Å²) in [5, 5.41) is 14.9. The van der Waals surface area contributed by atoms with E-state index in [2.05, 4.69) is 15.1 Å². The molecule has 35 heavy (non-hydrogen) atoms. The number of aromatic nitrogens is 3. The number of hydrogen-bond donors (Lipinski definition) is 1. The summed E-state index contributed by atoms with van der Waals surface area (Å²) in [6, 6.07) is 7.61. The molecular formula is C23H20F3N5O3S. The number of ether oxygens (including phenoxy) is 1. The number of pyridine rings is 1. The summed E-state index contributed by atoms with van der Waals surface area (Å²) < 4.78 is 46.9. The number of fused-ring (bicyclic) bond motifs is 1. The molecule has 1 amide bonds. The second-order valence-electron chi connectivity index (χ2n) is 8.05. The van der Waals surface area contributed by atoms with Crippen LogP contribution in [-0.4, -0.2) is 68.3 Å². The van der Waals surface area contributed by atoms with Crippen molar-refractivity contribution >= 4 is 39.8 Å². The van der Waals surface area contributed by atoms with E-state index in [0.29, 0.717) is 35.3 Å². The summed E-state index contributed by atoms with van der Waals surface area (Å²) >= 11 is 1.26. The Morgan fingerprint density at radius 3 is 2.94 bits per heavy atom. The highest BCUT2D eigenvalue weighted by Crippen LogP contribution is 2.33. The van der Waals surface area contributed by atoms with Crippen LogP contribution in [0.5, 0.6) is 0 Å². The fraction of sp³-hybridized carbons (Fsp3) is 0.304. The van der Waals surface area contributed by atoms with Crippen LogP contribution in [-0.2, 0) is 22.3 Å². The van der Waals surface area contributed by atoms with Crippen LogP contribution < -0.4 is 0 Å². The molecule has 4 heterocycles. The van der Waals surface area contributed by atoms with Crippen LogP contribution in [0.15, 0.2) is 52.6 Å². The topological polar surface area (TPSA) is 92.8 Å². The molecule has 1 atom stereocenters. The number of thioether (sulfide) groups is 1. The van der Waals surface area contributed by atoms with Crippen molar-refractivity contribution in [2.75, 3.05) is 26.3 Å². The Kier molecular flexibility index (Phi) is 6.34. The Bertz CT molecular complexity index is 1340. The molecule has 0 aliphatic carbocycles. The van der Waals surface area contributed by atoms with E-state index in [9.17, 15) is 23.1 Å². The van der Waals surface area contributed by atoms with Crippen molar-refractivity contribution < 1.29 is 27.8 Å². The number of carbonyl (C=O) groups is 1. The average molecular weight is 504 g/mol. The van der Waals surface area contributed by atoms with E-state index >= 15 is 0 Å². The molecule has 0 radical (unpaired) electrons. The van der Waals surface area contributed by atoms with Crippen LogP contribution in [0.1, 0.15) is 16.8 Å². The van der Waals surface area contributed by atoms with Gasteiger partial charge in [0.05, 0.1) is 53.7 Å². The fourth-order valence-corrected chi connectivity index (χ4v) is 4.92. The number of aliphatic hydroxyl groups is 1. The molecule has 0 bridgehead atoms. The predicted molar refractivity (Wildman–Crippen MR) is 124 cm³/mol. The second-order valence-corrected chi connectivity index (χ2v) is 9.06. The van der Waals surface area contributed by atoms with Crippen molar-refractivity contribution in [2.24, 2.45) is 4.99 Å². The number of morpholine rings is 1. The molecule has 0 unspecified atom stereocenters. The normalized spacial score (nSPS) is 20.2. The molecule has 8 nitrogen and oxygen atoms in total. The maximum absolute atomic E-state index is 13.3. The summed E-state index contributed by atoms with van der Waals surface area (Å²) in [7, 11) is 0. The lowest BCUT2D eigenvalue weighted by Gasteiger charge is -2.32. The van der Waals surface area contributed by atoms with Gasteiger partial charge in [-0.15, -0.1) is 0 Å². The number of benzene rings is 1. The zero-order chi connectivity index (χ0) is 24.6. The van der Waals surface area contributed by atoms with Gasteiger partial charge in [-0.1, -0.05) is 6.07 Å². The molecule has 1 saturated heterocycles. The zero-order valence-electron chi connectivity index (χ0n) is 18.3. The minimum atomic E-state index is -4.50. The third-order valence-electron chi connectivity index (χ3n) is 5.68. The SMILES string of the molecule is O=C1N=C(N2CCO[C@H](CO)C2)SC1=Cc1ccc2c(cnn2Cc2ncccc2C(F)(F)F)c1. The molecule has 1 N–H and O–H groups in total. The van der Waals surface area contributed by atoms with E-state index in [1.807, 2.05) is 11.0 Å². The van der Waals surface area contributed by atoms with E-state index in [0.717, 1.165) is 17.0 Å². The van der Waals surface area contributed by atoms with E-state index in [1.54, 1.807) is 24.4 Å². The van der Waals surface area contributed by atoms with E-state index in [-0.39, 0.29) is 30.9 Å². The summed E-state index contributed by atoms with van der Waals surface area (Å²) in [5.74, 6) is -0.345. The van der Waals surface area contributed by atoms with Crippen molar-refractivity contribution in [1.29, 1.82) is 0 Å². The predicted octanol–water partition coefficient (Wildman–Crippen LogP) is 3.16. The maximum Gasteiger partial charge on any atom is 0.418 e. The van der Waals surface area contributed by atoms with Gasteiger partial charge in [0.1, 0.15) is 0 Å². The fourth-order valence-electron chi connectivity index (χ4n) is 3.97. The highest BCUT2D eigenvalue weighted by molar-refractivity contribution is 8.18. The minimum absolute atomic E-state index is 0.101. The van der Waals surface area contributed by atoms with Crippen LogP contribution in [0, 0.1) is 0 Å².